The number of aryl methyl sites for hydroxylation is 1. The van der Waals surface area contributed by atoms with Gasteiger partial charge in [0.05, 0.1) is 33.2 Å². The average molecular weight is 371 g/mol. The quantitative estimate of drug-likeness (QED) is 0.718. The van der Waals surface area contributed by atoms with E-state index in [9.17, 15) is 13.2 Å². The number of nitrogens with zero attached hydrogens (tertiary/aromatic N) is 2. The van der Waals surface area contributed by atoms with Gasteiger partial charge in [0.1, 0.15) is 0 Å². The Balaban J connectivity index is 1.95. The first-order valence-corrected chi connectivity index (χ1v) is 9.26. The summed E-state index contributed by atoms with van der Waals surface area (Å²) in [5.41, 5.74) is 2.44. The Morgan fingerprint density at radius 2 is 1.65 bits per heavy atom. The summed E-state index contributed by atoms with van der Waals surface area (Å²) in [6.45, 7) is 3.50. The molecule has 0 aliphatic rings. The monoisotopic (exact) mass is 371 g/mol. The summed E-state index contributed by atoms with van der Waals surface area (Å²) >= 11 is 0. The van der Waals surface area contributed by atoms with Crippen molar-refractivity contribution >= 4 is 21.7 Å². The maximum Gasteiger partial charge on any atom is 0.335 e. The van der Waals surface area contributed by atoms with Gasteiger partial charge in [-0.2, -0.15) is 5.10 Å². The molecule has 3 aromatic rings. The number of para-hydroxylation sites is 1. The highest BCUT2D eigenvalue weighted by atomic mass is 32.2. The smallest absolute Gasteiger partial charge is 0.335 e. The van der Waals surface area contributed by atoms with Gasteiger partial charge in [-0.15, -0.1) is 0 Å². The third kappa shape index (κ3) is 3.31. The Morgan fingerprint density at radius 3 is 2.23 bits per heavy atom. The van der Waals surface area contributed by atoms with Gasteiger partial charge in [0.15, 0.2) is 0 Å². The van der Waals surface area contributed by atoms with E-state index >= 15 is 0 Å². The highest BCUT2D eigenvalue weighted by molar-refractivity contribution is 7.92. The maximum absolute atomic E-state index is 12.6. The normalized spacial score (nSPS) is 11.3. The summed E-state index contributed by atoms with van der Waals surface area (Å²) in [4.78, 5) is 10.9. The number of benzene rings is 2. The van der Waals surface area contributed by atoms with E-state index in [1.165, 1.54) is 24.3 Å². The first-order valence-electron chi connectivity index (χ1n) is 7.77. The van der Waals surface area contributed by atoms with Crippen LogP contribution in [0.1, 0.15) is 21.7 Å². The number of carbonyl (C=O) groups is 1. The molecule has 0 bridgehead atoms. The molecule has 0 spiro atoms. The summed E-state index contributed by atoms with van der Waals surface area (Å²) in [5.74, 6) is -1.11. The molecule has 3 rings (SSSR count). The summed E-state index contributed by atoms with van der Waals surface area (Å²) in [6, 6.07) is 14.4. The third-order valence-electron chi connectivity index (χ3n) is 3.94. The van der Waals surface area contributed by atoms with Gasteiger partial charge in [-0.1, -0.05) is 18.2 Å². The molecule has 26 heavy (non-hydrogen) atoms. The van der Waals surface area contributed by atoms with Crippen LogP contribution in [0.3, 0.4) is 0 Å². The number of aromatic carboxylic acids is 1. The van der Waals surface area contributed by atoms with Crippen molar-refractivity contribution in [3.8, 4) is 5.69 Å². The topological polar surface area (TPSA) is 101 Å². The first-order chi connectivity index (χ1) is 12.3. The maximum atomic E-state index is 12.6. The number of hydrogen-bond donors (Lipinski definition) is 2. The second kappa shape index (κ2) is 6.64. The van der Waals surface area contributed by atoms with Crippen LogP contribution in [0.5, 0.6) is 0 Å². The Kier molecular flexibility index (Phi) is 4.52. The van der Waals surface area contributed by atoms with Crippen molar-refractivity contribution in [2.75, 3.05) is 4.72 Å². The molecule has 0 aliphatic carbocycles. The summed E-state index contributed by atoms with van der Waals surface area (Å²) in [7, 11) is -3.87. The molecule has 0 fully saturated rings. The number of sulfonamides is 1. The molecule has 134 valence electrons. The average Bonchev–Trinajstić information content (AvgIpc) is 2.90. The molecule has 0 radical (unpaired) electrons. The lowest BCUT2D eigenvalue weighted by atomic mass is 10.2. The molecule has 0 aliphatic heterocycles. The van der Waals surface area contributed by atoms with E-state index in [0.717, 1.165) is 5.69 Å². The lowest BCUT2D eigenvalue weighted by molar-refractivity contribution is 0.0696. The van der Waals surface area contributed by atoms with Crippen LogP contribution in [0.25, 0.3) is 5.69 Å². The van der Waals surface area contributed by atoms with Gasteiger partial charge in [-0.25, -0.2) is 17.9 Å². The van der Waals surface area contributed by atoms with Crippen LogP contribution in [0, 0.1) is 13.8 Å². The minimum absolute atomic E-state index is 0.0197. The molecule has 2 N–H and O–H groups in total. The predicted molar refractivity (Wildman–Crippen MR) is 97.2 cm³/mol. The molecule has 0 unspecified atom stereocenters. The fourth-order valence-electron chi connectivity index (χ4n) is 2.58. The highest BCUT2D eigenvalue weighted by Crippen LogP contribution is 2.25. The zero-order valence-corrected chi connectivity index (χ0v) is 15.0. The van der Waals surface area contributed by atoms with E-state index in [1.807, 2.05) is 30.3 Å². The molecule has 0 atom stereocenters. The lowest BCUT2D eigenvalue weighted by Gasteiger charge is -2.09. The molecule has 8 heteroatoms. The van der Waals surface area contributed by atoms with Crippen molar-refractivity contribution in [1.29, 1.82) is 0 Å². The van der Waals surface area contributed by atoms with Crippen molar-refractivity contribution < 1.29 is 18.3 Å². The van der Waals surface area contributed by atoms with Crippen LogP contribution in [0.2, 0.25) is 0 Å². The molecule has 1 heterocycles. The van der Waals surface area contributed by atoms with Crippen LogP contribution < -0.4 is 4.72 Å². The van der Waals surface area contributed by atoms with Gasteiger partial charge in [-0.3, -0.25) is 4.72 Å². The third-order valence-corrected chi connectivity index (χ3v) is 5.31. The molecular weight excluding hydrogens is 354 g/mol. The Hall–Kier alpha value is -3.13. The van der Waals surface area contributed by atoms with Crippen molar-refractivity contribution in [2.24, 2.45) is 0 Å². The van der Waals surface area contributed by atoms with E-state index in [4.69, 9.17) is 5.11 Å². The summed E-state index contributed by atoms with van der Waals surface area (Å²) in [5, 5.41) is 13.3. The molecule has 7 nitrogen and oxygen atoms in total. The predicted octanol–water partition coefficient (Wildman–Crippen LogP) is 2.99. The number of carboxylic acid groups (broad SMARTS) is 1. The van der Waals surface area contributed by atoms with Crippen LogP contribution in [-0.2, 0) is 10.0 Å². The minimum atomic E-state index is -3.87. The van der Waals surface area contributed by atoms with E-state index in [0.29, 0.717) is 17.1 Å². The molecule has 0 saturated carbocycles. The van der Waals surface area contributed by atoms with E-state index in [2.05, 4.69) is 9.82 Å². The Labute approximate surface area is 151 Å². The zero-order valence-electron chi connectivity index (χ0n) is 14.2. The molecule has 0 saturated heterocycles. The zero-order chi connectivity index (χ0) is 18.9. The van der Waals surface area contributed by atoms with Crippen LogP contribution in [-0.4, -0.2) is 29.3 Å². The van der Waals surface area contributed by atoms with Gasteiger partial charge >= 0.3 is 5.97 Å². The molecular formula is C18H17N3O4S. The highest BCUT2D eigenvalue weighted by Gasteiger charge is 2.20. The Morgan fingerprint density at radius 1 is 1.04 bits per heavy atom. The largest absolute Gasteiger partial charge is 0.478 e. The van der Waals surface area contributed by atoms with Gasteiger partial charge < -0.3 is 5.11 Å². The van der Waals surface area contributed by atoms with Gasteiger partial charge in [0, 0.05) is 0 Å². The number of anilines is 1. The van der Waals surface area contributed by atoms with E-state index in [1.54, 1.807) is 18.5 Å². The Bertz CT molecular complexity index is 1060. The lowest BCUT2D eigenvalue weighted by Crippen LogP contribution is -2.14. The standard InChI is InChI=1S/C18H17N3O4S/c1-12-17(13(2)21(19-12)15-6-4-3-5-7-15)20-26(24,25)16-10-8-14(9-11-16)18(22)23/h3-11,20H,1-2H3,(H,22,23). The SMILES string of the molecule is Cc1nn(-c2ccccc2)c(C)c1NS(=O)(=O)c1ccc(C(=O)O)cc1. The van der Waals surface area contributed by atoms with E-state index in [-0.39, 0.29) is 10.5 Å². The van der Waals surface area contributed by atoms with Crippen LogP contribution in [0.15, 0.2) is 59.5 Å². The van der Waals surface area contributed by atoms with Crippen molar-refractivity contribution in [3.05, 3.63) is 71.5 Å². The molecule has 2 aromatic carbocycles. The summed E-state index contributed by atoms with van der Waals surface area (Å²) in [6.07, 6.45) is 0. The number of hydrogen-bond acceptors (Lipinski definition) is 4. The number of nitrogens with one attached hydrogen (secondary N) is 1. The van der Waals surface area contributed by atoms with Gasteiger partial charge in [0.2, 0.25) is 0 Å². The van der Waals surface area contributed by atoms with Gasteiger partial charge in [-0.05, 0) is 50.2 Å². The van der Waals surface area contributed by atoms with Crippen molar-refractivity contribution in [3.63, 3.8) is 0 Å². The van der Waals surface area contributed by atoms with E-state index < -0.39 is 16.0 Å². The molecule has 1 aromatic heterocycles. The van der Waals surface area contributed by atoms with Gasteiger partial charge in [0.25, 0.3) is 10.0 Å². The first kappa shape index (κ1) is 17.7. The second-order valence-corrected chi connectivity index (χ2v) is 7.41. The number of carboxylic acids is 1. The minimum Gasteiger partial charge on any atom is -0.478 e. The molecule has 0 amide bonds. The number of aromatic nitrogens is 2. The van der Waals surface area contributed by atoms with Crippen LogP contribution in [0.4, 0.5) is 5.69 Å². The van der Waals surface area contributed by atoms with Crippen molar-refractivity contribution in [2.45, 2.75) is 18.7 Å². The fourth-order valence-corrected chi connectivity index (χ4v) is 3.76. The van der Waals surface area contributed by atoms with Crippen LogP contribution >= 0.6 is 0 Å². The second-order valence-electron chi connectivity index (χ2n) is 5.73. The summed E-state index contributed by atoms with van der Waals surface area (Å²) < 4.78 is 29.5. The fraction of sp³-hybridized carbons (Fsp3) is 0.111. The number of rotatable bonds is 5. The van der Waals surface area contributed by atoms with Crippen molar-refractivity contribution in [1.82, 2.24) is 9.78 Å².